The lowest BCUT2D eigenvalue weighted by Gasteiger charge is -2.42. The number of nitrogens with zero attached hydrogens (tertiary/aromatic N) is 1. The minimum absolute atomic E-state index is 0.0128. The van der Waals surface area contributed by atoms with Crippen molar-refractivity contribution in [1.29, 1.82) is 0 Å². The van der Waals surface area contributed by atoms with Crippen LogP contribution in [0, 0.1) is 5.92 Å². The quantitative estimate of drug-likeness (QED) is 0.700. The van der Waals surface area contributed by atoms with Crippen LogP contribution in [0.1, 0.15) is 51.9 Å². The van der Waals surface area contributed by atoms with Crippen molar-refractivity contribution in [3.8, 4) is 0 Å². The molecule has 0 aromatic carbocycles. The Balaban J connectivity index is 1.72. The summed E-state index contributed by atoms with van der Waals surface area (Å²) in [7, 11) is 0. The summed E-state index contributed by atoms with van der Waals surface area (Å²) in [6.07, 6.45) is 11.0. The second-order valence-corrected chi connectivity index (χ2v) is 8.80. The lowest BCUT2D eigenvalue weighted by Crippen LogP contribution is -2.53. The van der Waals surface area contributed by atoms with E-state index in [1.807, 2.05) is 12.2 Å². The van der Waals surface area contributed by atoms with E-state index >= 15 is 0 Å². The molecule has 2 heterocycles. The van der Waals surface area contributed by atoms with E-state index in [1.54, 1.807) is 0 Å². The summed E-state index contributed by atoms with van der Waals surface area (Å²) < 4.78 is 6.19. The summed E-state index contributed by atoms with van der Waals surface area (Å²) in [5.41, 5.74) is 3.15. The third kappa shape index (κ3) is 5.30. The Hall–Kier alpha value is -0.870. The normalized spacial score (nSPS) is 27.9. The molecule has 2 fully saturated rings. The standard InChI is InChI=1S/C19H27ClN2O2S/c1-14-6-8-15(9-7-14)22(16-10-12-24-13-11-16)19(23)21-18-5-3-2-4-17(20)25-18/h3-4,14-16H,2,6-13H2,1H3,(H,21,23). The monoisotopic (exact) mass is 382 g/mol. The molecular formula is C19H27ClN2O2S. The fourth-order valence-electron chi connectivity index (χ4n) is 3.81. The molecule has 1 saturated heterocycles. The molecule has 25 heavy (non-hydrogen) atoms. The number of amides is 2. The van der Waals surface area contributed by atoms with E-state index in [0.717, 1.165) is 51.2 Å². The average molecular weight is 383 g/mol. The van der Waals surface area contributed by atoms with Crippen molar-refractivity contribution in [2.24, 2.45) is 5.92 Å². The zero-order valence-corrected chi connectivity index (χ0v) is 16.4. The molecule has 1 saturated carbocycles. The Bertz CT molecular complexity index is 572. The fourth-order valence-corrected chi connectivity index (χ4v) is 4.78. The maximum atomic E-state index is 13.1. The van der Waals surface area contributed by atoms with Crippen molar-refractivity contribution in [3.63, 3.8) is 0 Å². The summed E-state index contributed by atoms with van der Waals surface area (Å²) >= 11 is 7.52. The molecule has 1 N–H and O–H groups in total. The summed E-state index contributed by atoms with van der Waals surface area (Å²) in [6, 6.07) is 0.574. The molecule has 0 radical (unpaired) electrons. The zero-order chi connectivity index (χ0) is 17.6. The van der Waals surface area contributed by atoms with Gasteiger partial charge in [-0.2, -0.15) is 0 Å². The van der Waals surface area contributed by atoms with Gasteiger partial charge in [-0.05, 0) is 56.9 Å². The van der Waals surface area contributed by atoms with E-state index in [0.29, 0.717) is 15.4 Å². The van der Waals surface area contributed by atoms with Crippen LogP contribution in [0.2, 0.25) is 0 Å². The Morgan fingerprint density at radius 1 is 1.24 bits per heavy atom. The molecule has 2 aliphatic heterocycles. The summed E-state index contributed by atoms with van der Waals surface area (Å²) in [5.74, 6) is 0.767. The van der Waals surface area contributed by atoms with Gasteiger partial charge in [-0.25, -0.2) is 4.79 Å². The first-order chi connectivity index (χ1) is 12.1. The molecule has 1 aliphatic carbocycles. The van der Waals surface area contributed by atoms with Crippen LogP contribution in [0.15, 0.2) is 27.3 Å². The number of carbonyl (C=O) groups excluding carboxylic acids is 1. The molecule has 0 atom stereocenters. The van der Waals surface area contributed by atoms with Crippen molar-refractivity contribution >= 4 is 29.4 Å². The van der Waals surface area contributed by atoms with E-state index in [-0.39, 0.29) is 12.1 Å². The number of allylic oxidation sites excluding steroid dienone is 2. The molecular weight excluding hydrogens is 356 g/mol. The molecule has 6 heteroatoms. The second kappa shape index (κ2) is 9.18. The summed E-state index contributed by atoms with van der Waals surface area (Å²) in [4.78, 5) is 15.2. The van der Waals surface area contributed by atoms with E-state index in [4.69, 9.17) is 16.3 Å². The van der Waals surface area contributed by atoms with Crippen molar-refractivity contribution in [2.75, 3.05) is 13.2 Å². The number of carbonyl (C=O) groups is 1. The van der Waals surface area contributed by atoms with Crippen LogP contribution >= 0.6 is 23.4 Å². The van der Waals surface area contributed by atoms with Gasteiger partial charge in [0.25, 0.3) is 0 Å². The largest absolute Gasteiger partial charge is 0.381 e. The molecule has 3 aliphatic rings. The van der Waals surface area contributed by atoms with Crippen LogP contribution in [0.4, 0.5) is 4.79 Å². The summed E-state index contributed by atoms with van der Waals surface area (Å²) in [5, 5.41) is 3.74. The number of hydrogen-bond acceptors (Lipinski definition) is 3. The Morgan fingerprint density at radius 3 is 2.64 bits per heavy atom. The van der Waals surface area contributed by atoms with Gasteiger partial charge in [0.15, 0.2) is 0 Å². The highest BCUT2D eigenvalue weighted by Gasteiger charge is 2.34. The van der Waals surface area contributed by atoms with Gasteiger partial charge in [0.1, 0.15) is 5.03 Å². The molecule has 138 valence electrons. The van der Waals surface area contributed by atoms with Crippen LogP contribution in [-0.4, -0.2) is 36.2 Å². The molecule has 0 spiro atoms. The van der Waals surface area contributed by atoms with Gasteiger partial charge in [-0.3, -0.25) is 5.32 Å². The van der Waals surface area contributed by atoms with Gasteiger partial charge in [0.2, 0.25) is 0 Å². The third-order valence-electron chi connectivity index (χ3n) is 5.25. The highest BCUT2D eigenvalue weighted by Crippen LogP contribution is 2.32. The fraction of sp³-hybridized carbons (Fsp3) is 0.684. The second-order valence-electron chi connectivity index (χ2n) is 7.12. The lowest BCUT2D eigenvalue weighted by atomic mass is 9.85. The highest BCUT2D eigenvalue weighted by atomic mass is 35.5. The van der Waals surface area contributed by atoms with Crippen molar-refractivity contribution in [1.82, 2.24) is 10.2 Å². The Morgan fingerprint density at radius 2 is 1.92 bits per heavy atom. The lowest BCUT2D eigenvalue weighted by molar-refractivity contribution is 0.0257. The molecule has 2 amide bonds. The maximum Gasteiger partial charge on any atom is 0.323 e. The van der Waals surface area contributed by atoms with Crippen molar-refractivity contribution in [2.45, 2.75) is 64.0 Å². The van der Waals surface area contributed by atoms with Gasteiger partial charge in [-0.1, -0.05) is 42.1 Å². The number of ether oxygens (including phenoxy) is 1. The van der Waals surface area contributed by atoms with E-state index < -0.39 is 0 Å². The van der Waals surface area contributed by atoms with Crippen molar-refractivity contribution < 1.29 is 9.53 Å². The van der Waals surface area contributed by atoms with Gasteiger partial charge >= 0.3 is 6.03 Å². The minimum Gasteiger partial charge on any atom is -0.381 e. The Labute approximate surface area is 159 Å². The first kappa shape index (κ1) is 18.9. The molecule has 3 rings (SSSR count). The van der Waals surface area contributed by atoms with Crippen LogP contribution in [0.25, 0.3) is 0 Å². The first-order valence-corrected chi connectivity index (χ1v) is 10.5. The topological polar surface area (TPSA) is 41.6 Å². The predicted octanol–water partition coefficient (Wildman–Crippen LogP) is 4.97. The minimum atomic E-state index is -0.0128. The number of urea groups is 1. The van der Waals surface area contributed by atoms with E-state index in [9.17, 15) is 4.79 Å². The van der Waals surface area contributed by atoms with E-state index in [1.165, 1.54) is 24.6 Å². The van der Waals surface area contributed by atoms with Gasteiger partial charge in [0, 0.05) is 25.3 Å². The van der Waals surface area contributed by atoms with E-state index in [2.05, 4.69) is 22.9 Å². The molecule has 0 bridgehead atoms. The van der Waals surface area contributed by atoms with Gasteiger partial charge in [-0.15, -0.1) is 0 Å². The van der Waals surface area contributed by atoms with Gasteiger partial charge in [0.05, 0.1) is 4.36 Å². The maximum absolute atomic E-state index is 13.1. The average Bonchev–Trinajstić information content (AvgIpc) is 2.81. The number of rotatable bonds is 3. The van der Waals surface area contributed by atoms with Gasteiger partial charge < -0.3 is 9.64 Å². The predicted molar refractivity (Wildman–Crippen MR) is 103 cm³/mol. The summed E-state index contributed by atoms with van der Waals surface area (Å²) in [6.45, 7) is 3.79. The van der Waals surface area contributed by atoms with Crippen molar-refractivity contribution in [3.05, 3.63) is 27.3 Å². The Kier molecular flexibility index (Phi) is 6.94. The number of nitrogens with one attached hydrogen (secondary N) is 1. The SMILES string of the molecule is CC1CCC(N(C(=O)NC2=C=CCC=C(Cl)S2)C2CCOCC2)CC1. The number of thioether (sulfide) groups is 1. The molecule has 4 nitrogen and oxygen atoms in total. The third-order valence-corrected chi connectivity index (χ3v) is 6.42. The van der Waals surface area contributed by atoms with Crippen LogP contribution in [-0.2, 0) is 4.74 Å². The molecule has 0 aromatic heterocycles. The molecule has 0 aromatic rings. The van der Waals surface area contributed by atoms with Crippen LogP contribution in [0.5, 0.6) is 0 Å². The highest BCUT2D eigenvalue weighted by molar-refractivity contribution is 8.08. The molecule has 0 unspecified atom stereocenters. The number of hydrogen-bond donors (Lipinski definition) is 1. The van der Waals surface area contributed by atoms with Crippen LogP contribution in [0.3, 0.4) is 0 Å². The first-order valence-electron chi connectivity index (χ1n) is 9.29. The smallest absolute Gasteiger partial charge is 0.323 e. The zero-order valence-electron chi connectivity index (χ0n) is 14.8. The number of halogens is 1. The van der Waals surface area contributed by atoms with Crippen LogP contribution < -0.4 is 5.32 Å².